The fourth-order valence-corrected chi connectivity index (χ4v) is 1.93. The van der Waals surface area contributed by atoms with Gasteiger partial charge in [0.05, 0.1) is 17.2 Å². The molecule has 0 saturated heterocycles. The highest BCUT2D eigenvalue weighted by Crippen LogP contribution is 2.21. The molecule has 1 aromatic heterocycles. The summed E-state index contributed by atoms with van der Waals surface area (Å²) in [4.78, 5) is 15.9. The predicted molar refractivity (Wildman–Crippen MR) is 79.8 cm³/mol. The van der Waals surface area contributed by atoms with Gasteiger partial charge < -0.3 is 10.1 Å². The summed E-state index contributed by atoms with van der Waals surface area (Å²) in [5.41, 5.74) is 0.919. The Morgan fingerprint density at radius 3 is 2.65 bits per heavy atom. The molecule has 0 spiro atoms. The number of ether oxygens (including phenoxy) is 1. The Balaban J connectivity index is 2.13. The van der Waals surface area contributed by atoms with E-state index in [2.05, 4.69) is 10.3 Å². The number of hydrogen-bond donors (Lipinski definition) is 1. The first-order valence-corrected chi connectivity index (χ1v) is 6.71. The number of halogens is 2. The van der Waals surface area contributed by atoms with Gasteiger partial charge in [-0.2, -0.15) is 0 Å². The summed E-state index contributed by atoms with van der Waals surface area (Å²) in [6, 6.07) is 8.48. The molecule has 1 heterocycles. The largest absolute Gasteiger partial charge is 0.494 e. The number of aromatic nitrogens is 1. The Kier molecular flexibility index (Phi) is 4.82. The van der Waals surface area contributed by atoms with Gasteiger partial charge in [0.25, 0.3) is 5.91 Å². The van der Waals surface area contributed by atoms with Crippen LogP contribution in [0, 0.1) is 0 Å². The Labute approximate surface area is 126 Å². The first-order chi connectivity index (χ1) is 9.60. The Morgan fingerprint density at radius 1 is 1.30 bits per heavy atom. The summed E-state index contributed by atoms with van der Waals surface area (Å²) in [6.45, 7) is 2.50. The molecule has 1 aromatic carbocycles. The van der Waals surface area contributed by atoms with E-state index in [-0.39, 0.29) is 21.6 Å². The maximum absolute atomic E-state index is 12.1. The molecule has 1 amide bonds. The van der Waals surface area contributed by atoms with Gasteiger partial charge in [-0.05, 0) is 37.3 Å². The maximum atomic E-state index is 12.1. The lowest BCUT2D eigenvalue weighted by atomic mass is 10.2. The molecular formula is C14H12Cl2N2O2. The molecule has 0 saturated carbocycles. The van der Waals surface area contributed by atoms with Crippen molar-refractivity contribution in [2.45, 2.75) is 6.92 Å². The van der Waals surface area contributed by atoms with Crippen molar-refractivity contribution < 1.29 is 9.53 Å². The van der Waals surface area contributed by atoms with Crippen LogP contribution in [0.25, 0.3) is 0 Å². The Bertz CT molecular complexity index is 615. The molecule has 6 heteroatoms. The van der Waals surface area contributed by atoms with Crippen LogP contribution in [-0.4, -0.2) is 17.5 Å². The smallest absolute Gasteiger partial charge is 0.257 e. The van der Waals surface area contributed by atoms with Gasteiger partial charge in [-0.25, -0.2) is 4.98 Å². The average Bonchev–Trinajstić information content (AvgIpc) is 2.44. The number of carbonyl (C=O) groups excluding carboxylic acids is 1. The van der Waals surface area contributed by atoms with Crippen molar-refractivity contribution in [1.82, 2.24) is 4.98 Å². The van der Waals surface area contributed by atoms with E-state index < -0.39 is 0 Å². The number of nitrogens with zero attached hydrogens (tertiary/aromatic N) is 1. The first-order valence-electron chi connectivity index (χ1n) is 5.95. The van der Waals surface area contributed by atoms with Crippen LogP contribution in [0.3, 0.4) is 0 Å². The second-order valence-electron chi connectivity index (χ2n) is 3.90. The van der Waals surface area contributed by atoms with Crippen molar-refractivity contribution in [3.8, 4) is 5.75 Å². The lowest BCUT2D eigenvalue weighted by Gasteiger charge is -2.08. The third kappa shape index (κ3) is 3.62. The molecule has 104 valence electrons. The molecule has 4 nitrogen and oxygen atoms in total. The Hall–Kier alpha value is -1.78. The molecule has 0 fully saturated rings. The maximum Gasteiger partial charge on any atom is 0.257 e. The zero-order valence-electron chi connectivity index (χ0n) is 10.7. The minimum absolute atomic E-state index is 0.214. The highest BCUT2D eigenvalue weighted by Gasteiger charge is 2.12. The second-order valence-corrected chi connectivity index (χ2v) is 4.69. The van der Waals surface area contributed by atoms with Gasteiger partial charge in [0.15, 0.2) is 0 Å². The topological polar surface area (TPSA) is 51.2 Å². The zero-order valence-corrected chi connectivity index (χ0v) is 12.2. The molecule has 2 rings (SSSR count). The van der Waals surface area contributed by atoms with Gasteiger partial charge in [0.2, 0.25) is 0 Å². The normalized spacial score (nSPS) is 10.2. The number of carbonyl (C=O) groups is 1. The molecule has 0 atom stereocenters. The van der Waals surface area contributed by atoms with Gasteiger partial charge in [0, 0.05) is 11.9 Å². The number of rotatable bonds is 4. The van der Waals surface area contributed by atoms with Crippen molar-refractivity contribution in [1.29, 1.82) is 0 Å². The average molecular weight is 311 g/mol. The number of amides is 1. The van der Waals surface area contributed by atoms with E-state index in [1.54, 1.807) is 24.3 Å². The summed E-state index contributed by atoms with van der Waals surface area (Å²) in [5.74, 6) is 0.402. The molecule has 2 aromatic rings. The zero-order chi connectivity index (χ0) is 14.5. The van der Waals surface area contributed by atoms with E-state index in [9.17, 15) is 4.79 Å². The van der Waals surface area contributed by atoms with Gasteiger partial charge in [-0.1, -0.05) is 23.2 Å². The number of anilines is 1. The van der Waals surface area contributed by atoms with Crippen LogP contribution in [0.1, 0.15) is 17.3 Å². The van der Waals surface area contributed by atoms with Gasteiger partial charge >= 0.3 is 0 Å². The molecule has 20 heavy (non-hydrogen) atoms. The summed E-state index contributed by atoms with van der Waals surface area (Å²) >= 11 is 11.7. The molecule has 0 aliphatic carbocycles. The molecular weight excluding hydrogens is 299 g/mol. The minimum Gasteiger partial charge on any atom is -0.494 e. The number of nitrogens with one attached hydrogen (secondary N) is 1. The third-order valence-corrected chi connectivity index (χ3v) is 3.00. The van der Waals surface area contributed by atoms with E-state index in [4.69, 9.17) is 27.9 Å². The molecule has 0 aliphatic heterocycles. The summed E-state index contributed by atoms with van der Waals surface area (Å²) in [6.07, 6.45) is 1.34. The van der Waals surface area contributed by atoms with Crippen molar-refractivity contribution in [3.05, 3.63) is 52.3 Å². The number of benzene rings is 1. The van der Waals surface area contributed by atoms with Crippen LogP contribution in [0.4, 0.5) is 5.69 Å². The monoisotopic (exact) mass is 310 g/mol. The lowest BCUT2D eigenvalue weighted by molar-refractivity contribution is 0.102. The summed E-state index contributed by atoms with van der Waals surface area (Å²) in [5, 5.41) is 3.19. The fraction of sp³-hybridized carbons (Fsp3) is 0.143. The quantitative estimate of drug-likeness (QED) is 0.867. The van der Waals surface area contributed by atoms with Crippen LogP contribution in [0.15, 0.2) is 36.5 Å². The van der Waals surface area contributed by atoms with E-state index in [0.717, 1.165) is 5.75 Å². The molecule has 1 N–H and O–H groups in total. The SMILES string of the molecule is CCOc1ccc(NC(=O)c2cc(Cl)ncc2Cl)cc1. The van der Waals surface area contributed by atoms with E-state index in [1.807, 2.05) is 6.92 Å². The molecule has 0 bridgehead atoms. The van der Waals surface area contributed by atoms with E-state index in [0.29, 0.717) is 12.3 Å². The summed E-state index contributed by atoms with van der Waals surface area (Å²) < 4.78 is 5.33. The van der Waals surface area contributed by atoms with E-state index in [1.165, 1.54) is 12.3 Å². The molecule has 0 aliphatic rings. The van der Waals surface area contributed by atoms with Crippen LogP contribution in [0.5, 0.6) is 5.75 Å². The van der Waals surface area contributed by atoms with Crippen LogP contribution < -0.4 is 10.1 Å². The second kappa shape index (κ2) is 6.59. The molecule has 0 radical (unpaired) electrons. The summed E-state index contributed by atoms with van der Waals surface area (Å²) in [7, 11) is 0. The van der Waals surface area contributed by atoms with Crippen LogP contribution in [-0.2, 0) is 0 Å². The first kappa shape index (κ1) is 14.6. The standard InChI is InChI=1S/C14H12Cl2N2O2/c1-2-20-10-5-3-9(4-6-10)18-14(19)11-7-13(16)17-8-12(11)15/h3-8H,2H2,1H3,(H,18,19). The number of pyridine rings is 1. The van der Waals surface area contributed by atoms with Gasteiger partial charge in [-0.15, -0.1) is 0 Å². The van der Waals surface area contributed by atoms with Crippen molar-refractivity contribution >= 4 is 34.8 Å². The molecule has 0 unspecified atom stereocenters. The van der Waals surface area contributed by atoms with Crippen molar-refractivity contribution in [3.63, 3.8) is 0 Å². The number of hydrogen-bond acceptors (Lipinski definition) is 3. The van der Waals surface area contributed by atoms with Crippen molar-refractivity contribution in [2.24, 2.45) is 0 Å². The van der Waals surface area contributed by atoms with Crippen molar-refractivity contribution in [2.75, 3.05) is 11.9 Å². The fourth-order valence-electron chi connectivity index (χ4n) is 1.59. The predicted octanol–water partition coefficient (Wildman–Crippen LogP) is 4.04. The third-order valence-electron chi connectivity index (χ3n) is 2.49. The lowest BCUT2D eigenvalue weighted by Crippen LogP contribution is -2.12. The minimum atomic E-state index is -0.344. The van der Waals surface area contributed by atoms with Crippen LogP contribution in [0.2, 0.25) is 10.2 Å². The van der Waals surface area contributed by atoms with Gasteiger partial charge in [-0.3, -0.25) is 4.79 Å². The highest BCUT2D eigenvalue weighted by atomic mass is 35.5. The van der Waals surface area contributed by atoms with Gasteiger partial charge in [0.1, 0.15) is 10.9 Å². The highest BCUT2D eigenvalue weighted by molar-refractivity contribution is 6.35. The van der Waals surface area contributed by atoms with E-state index >= 15 is 0 Å². The van der Waals surface area contributed by atoms with Crippen LogP contribution >= 0.6 is 23.2 Å². The Morgan fingerprint density at radius 2 is 2.00 bits per heavy atom.